The highest BCUT2D eigenvalue weighted by atomic mass is 16.5. The Balaban J connectivity index is 1.42. The molecule has 3 aromatic rings. The van der Waals surface area contributed by atoms with Crippen LogP contribution in [0, 0.1) is 6.92 Å². The number of nitrogens with zero attached hydrogens (tertiary/aromatic N) is 2. The van der Waals surface area contributed by atoms with Crippen LogP contribution >= 0.6 is 0 Å². The van der Waals surface area contributed by atoms with Gasteiger partial charge in [-0.1, -0.05) is 35.9 Å². The summed E-state index contributed by atoms with van der Waals surface area (Å²) in [6, 6.07) is 14.2. The molecule has 0 radical (unpaired) electrons. The lowest BCUT2D eigenvalue weighted by Gasteiger charge is -2.15. The average Bonchev–Trinajstić information content (AvgIpc) is 3.28. The third-order valence-corrected chi connectivity index (χ3v) is 5.20. The number of benzene rings is 2. The Morgan fingerprint density at radius 2 is 2.11 bits per heavy atom. The molecule has 1 amide bonds. The highest BCUT2D eigenvalue weighted by Crippen LogP contribution is 2.30. The quantitative estimate of drug-likeness (QED) is 0.727. The van der Waals surface area contributed by atoms with E-state index in [1.54, 1.807) is 6.07 Å². The average molecular weight is 364 g/mol. The van der Waals surface area contributed by atoms with Gasteiger partial charge in [-0.05, 0) is 44.0 Å². The third kappa shape index (κ3) is 3.95. The van der Waals surface area contributed by atoms with Crippen LogP contribution in [0.15, 0.2) is 42.5 Å². The normalized spacial score (nSPS) is 17.4. The van der Waals surface area contributed by atoms with Crippen molar-refractivity contribution in [3.8, 4) is 5.75 Å². The van der Waals surface area contributed by atoms with Gasteiger partial charge in [0.2, 0.25) is 0 Å². The van der Waals surface area contributed by atoms with E-state index in [1.807, 2.05) is 12.1 Å². The maximum absolute atomic E-state index is 11.1. The number of ether oxygens (including phenoxy) is 1. The standard InChI is InChI=1S/C21H24N4O2/c1-14-5-7-15(8-6-14)9-11-25-12-10-16(13-25)20-23-17-3-2-4-18(19(17)24-20)27-21(22)26/h2-8,16H,9-13H2,1H3,(H2,22,26)(H,23,24). The molecule has 0 aliphatic carbocycles. The zero-order valence-corrected chi connectivity index (χ0v) is 15.4. The van der Waals surface area contributed by atoms with Gasteiger partial charge in [0.25, 0.3) is 0 Å². The minimum absolute atomic E-state index is 0.358. The number of nitrogens with one attached hydrogen (secondary N) is 1. The fourth-order valence-electron chi connectivity index (χ4n) is 3.71. The number of amides is 1. The summed E-state index contributed by atoms with van der Waals surface area (Å²) >= 11 is 0. The van der Waals surface area contributed by atoms with Crippen molar-refractivity contribution in [3.63, 3.8) is 0 Å². The Labute approximate surface area is 158 Å². The second kappa shape index (κ2) is 7.40. The Hall–Kier alpha value is -2.86. The number of imidazole rings is 1. The van der Waals surface area contributed by atoms with Crippen LogP contribution in [-0.4, -0.2) is 40.6 Å². The highest BCUT2D eigenvalue weighted by Gasteiger charge is 2.26. The number of carbonyl (C=O) groups is 1. The van der Waals surface area contributed by atoms with Gasteiger partial charge in [-0.15, -0.1) is 0 Å². The van der Waals surface area contributed by atoms with Crippen LogP contribution in [0.2, 0.25) is 0 Å². The summed E-state index contributed by atoms with van der Waals surface area (Å²) in [7, 11) is 0. The maximum Gasteiger partial charge on any atom is 0.410 e. The molecule has 6 nitrogen and oxygen atoms in total. The maximum atomic E-state index is 11.1. The lowest BCUT2D eigenvalue weighted by molar-refractivity contribution is 0.211. The fourth-order valence-corrected chi connectivity index (χ4v) is 3.71. The van der Waals surface area contributed by atoms with Crippen molar-refractivity contribution in [1.82, 2.24) is 14.9 Å². The van der Waals surface area contributed by atoms with Crippen LogP contribution in [-0.2, 0) is 6.42 Å². The number of nitrogens with two attached hydrogens (primary N) is 1. The monoisotopic (exact) mass is 364 g/mol. The summed E-state index contributed by atoms with van der Waals surface area (Å²) in [5.74, 6) is 1.71. The number of fused-ring (bicyclic) bond motifs is 1. The van der Waals surface area contributed by atoms with Crippen LogP contribution < -0.4 is 10.5 Å². The van der Waals surface area contributed by atoms with Crippen molar-refractivity contribution in [2.45, 2.75) is 25.7 Å². The highest BCUT2D eigenvalue weighted by molar-refractivity contribution is 5.84. The number of carbonyl (C=O) groups excluding carboxylic acids is 1. The molecule has 6 heteroatoms. The molecule has 140 valence electrons. The molecule has 4 rings (SSSR count). The number of hydrogen-bond acceptors (Lipinski definition) is 4. The summed E-state index contributed by atoms with van der Waals surface area (Å²) in [5, 5.41) is 0. The molecule has 1 fully saturated rings. The summed E-state index contributed by atoms with van der Waals surface area (Å²) in [6.07, 6.45) is 1.30. The van der Waals surface area contributed by atoms with E-state index in [0.29, 0.717) is 17.2 Å². The van der Waals surface area contributed by atoms with Crippen molar-refractivity contribution < 1.29 is 9.53 Å². The number of aryl methyl sites for hydroxylation is 1. The van der Waals surface area contributed by atoms with E-state index in [4.69, 9.17) is 15.5 Å². The number of primary amides is 1. The zero-order chi connectivity index (χ0) is 18.8. The second-order valence-corrected chi connectivity index (χ2v) is 7.22. The SMILES string of the molecule is Cc1ccc(CCN2CCC(c3nc4c(OC(N)=O)cccc4[nH]3)C2)cc1. The molecule has 1 aliphatic rings. The zero-order valence-electron chi connectivity index (χ0n) is 15.4. The van der Waals surface area contributed by atoms with Crippen LogP contribution in [0.5, 0.6) is 5.75 Å². The van der Waals surface area contributed by atoms with E-state index >= 15 is 0 Å². The third-order valence-electron chi connectivity index (χ3n) is 5.20. The van der Waals surface area contributed by atoms with E-state index in [0.717, 1.165) is 43.8 Å². The predicted molar refractivity (Wildman–Crippen MR) is 105 cm³/mol. The number of para-hydroxylation sites is 1. The smallest absolute Gasteiger partial charge is 0.408 e. The first kappa shape index (κ1) is 17.5. The number of hydrogen-bond donors (Lipinski definition) is 2. The molecular weight excluding hydrogens is 340 g/mol. The molecule has 3 N–H and O–H groups in total. The largest absolute Gasteiger partial charge is 0.410 e. The van der Waals surface area contributed by atoms with Crippen molar-refractivity contribution in [2.75, 3.05) is 19.6 Å². The van der Waals surface area contributed by atoms with Gasteiger partial charge in [0.1, 0.15) is 11.3 Å². The Kier molecular flexibility index (Phi) is 4.81. The van der Waals surface area contributed by atoms with Gasteiger partial charge in [-0.2, -0.15) is 0 Å². The number of aromatic nitrogens is 2. The Bertz CT molecular complexity index is 948. The summed E-state index contributed by atoms with van der Waals surface area (Å²) in [5.41, 5.74) is 9.34. The number of aromatic amines is 1. The Morgan fingerprint density at radius 3 is 2.89 bits per heavy atom. The number of H-pyrrole nitrogens is 1. The minimum atomic E-state index is -0.824. The topological polar surface area (TPSA) is 84.2 Å². The van der Waals surface area contributed by atoms with Crippen LogP contribution in [0.1, 0.15) is 29.3 Å². The van der Waals surface area contributed by atoms with E-state index in [-0.39, 0.29) is 0 Å². The van der Waals surface area contributed by atoms with Crippen LogP contribution in [0.25, 0.3) is 11.0 Å². The molecule has 1 saturated heterocycles. The van der Waals surface area contributed by atoms with E-state index in [1.165, 1.54) is 11.1 Å². The molecule has 0 bridgehead atoms. The van der Waals surface area contributed by atoms with Crippen molar-refractivity contribution >= 4 is 17.1 Å². The van der Waals surface area contributed by atoms with Crippen LogP contribution in [0.4, 0.5) is 4.79 Å². The molecule has 0 saturated carbocycles. The molecular formula is C21H24N4O2. The molecule has 1 aliphatic heterocycles. The molecule has 2 aromatic carbocycles. The summed E-state index contributed by atoms with van der Waals surface area (Å²) in [4.78, 5) is 21.6. The van der Waals surface area contributed by atoms with Crippen molar-refractivity contribution in [1.29, 1.82) is 0 Å². The first-order valence-corrected chi connectivity index (χ1v) is 9.32. The molecule has 27 heavy (non-hydrogen) atoms. The first-order chi connectivity index (χ1) is 13.1. The molecule has 0 spiro atoms. The lowest BCUT2D eigenvalue weighted by Crippen LogP contribution is -2.23. The van der Waals surface area contributed by atoms with Gasteiger partial charge in [0.05, 0.1) is 5.52 Å². The van der Waals surface area contributed by atoms with Gasteiger partial charge >= 0.3 is 6.09 Å². The van der Waals surface area contributed by atoms with Gasteiger partial charge in [-0.3, -0.25) is 0 Å². The molecule has 1 unspecified atom stereocenters. The van der Waals surface area contributed by atoms with Gasteiger partial charge in [0, 0.05) is 19.0 Å². The van der Waals surface area contributed by atoms with Gasteiger partial charge in [0.15, 0.2) is 5.75 Å². The van der Waals surface area contributed by atoms with E-state index in [9.17, 15) is 4.79 Å². The Morgan fingerprint density at radius 1 is 1.30 bits per heavy atom. The van der Waals surface area contributed by atoms with Gasteiger partial charge < -0.3 is 20.4 Å². The second-order valence-electron chi connectivity index (χ2n) is 7.22. The molecule has 1 aromatic heterocycles. The predicted octanol–water partition coefficient (Wildman–Crippen LogP) is 3.36. The van der Waals surface area contributed by atoms with E-state index in [2.05, 4.69) is 41.1 Å². The summed E-state index contributed by atoms with van der Waals surface area (Å²) in [6.45, 7) is 5.22. The van der Waals surface area contributed by atoms with E-state index < -0.39 is 6.09 Å². The first-order valence-electron chi connectivity index (χ1n) is 9.32. The summed E-state index contributed by atoms with van der Waals surface area (Å²) < 4.78 is 5.07. The van der Waals surface area contributed by atoms with Crippen molar-refractivity contribution in [3.05, 3.63) is 59.4 Å². The van der Waals surface area contributed by atoms with Crippen LogP contribution in [0.3, 0.4) is 0 Å². The number of likely N-dealkylation sites (tertiary alicyclic amines) is 1. The molecule has 2 heterocycles. The fraction of sp³-hybridized carbons (Fsp3) is 0.333. The number of rotatable bonds is 5. The van der Waals surface area contributed by atoms with Gasteiger partial charge in [-0.25, -0.2) is 9.78 Å². The van der Waals surface area contributed by atoms with Crippen molar-refractivity contribution in [2.24, 2.45) is 5.73 Å². The molecule has 1 atom stereocenters. The minimum Gasteiger partial charge on any atom is -0.408 e. The lowest BCUT2D eigenvalue weighted by atomic mass is 10.1.